The summed E-state index contributed by atoms with van der Waals surface area (Å²) in [5, 5.41) is 3.83. The molecule has 2 unspecified atom stereocenters. The van der Waals surface area contributed by atoms with E-state index in [1.54, 1.807) is 0 Å². The summed E-state index contributed by atoms with van der Waals surface area (Å²) in [5.41, 5.74) is 6.37. The minimum absolute atomic E-state index is 0.275. The first kappa shape index (κ1) is 14.3. The molecule has 0 heterocycles. The van der Waals surface area contributed by atoms with E-state index in [0.717, 1.165) is 18.4 Å². The molecule has 2 rings (SSSR count). The van der Waals surface area contributed by atoms with Crippen molar-refractivity contribution < 1.29 is 0 Å². The van der Waals surface area contributed by atoms with E-state index in [2.05, 4.69) is 12.2 Å². The summed E-state index contributed by atoms with van der Waals surface area (Å²) < 4.78 is 0. The molecule has 2 aliphatic rings. The summed E-state index contributed by atoms with van der Waals surface area (Å²) >= 11 is 0. The SMILES string of the molecule is CCCC1CCCC(CN)(NCCC2CC2)CC1. The highest BCUT2D eigenvalue weighted by Crippen LogP contribution is 2.34. The van der Waals surface area contributed by atoms with Gasteiger partial charge < -0.3 is 11.1 Å². The highest BCUT2D eigenvalue weighted by Gasteiger charge is 2.31. The Labute approximate surface area is 113 Å². The van der Waals surface area contributed by atoms with Crippen molar-refractivity contribution in [3.63, 3.8) is 0 Å². The number of hydrogen-bond donors (Lipinski definition) is 2. The third-order valence-corrected chi connectivity index (χ3v) is 5.14. The Morgan fingerprint density at radius 2 is 1.83 bits per heavy atom. The van der Waals surface area contributed by atoms with Crippen LogP contribution < -0.4 is 11.1 Å². The molecule has 3 N–H and O–H groups in total. The Balaban J connectivity index is 1.77. The summed E-state index contributed by atoms with van der Waals surface area (Å²) in [5.74, 6) is 2.00. The van der Waals surface area contributed by atoms with E-state index in [0.29, 0.717) is 0 Å². The average Bonchev–Trinajstić information content (AvgIpc) is 3.19. The van der Waals surface area contributed by atoms with Crippen LogP contribution in [-0.4, -0.2) is 18.6 Å². The molecule has 0 spiro atoms. The molecule has 18 heavy (non-hydrogen) atoms. The van der Waals surface area contributed by atoms with Gasteiger partial charge in [-0.15, -0.1) is 0 Å². The molecule has 2 nitrogen and oxygen atoms in total. The Morgan fingerprint density at radius 1 is 1.06 bits per heavy atom. The van der Waals surface area contributed by atoms with E-state index in [1.807, 2.05) is 0 Å². The molecule has 2 aliphatic carbocycles. The van der Waals surface area contributed by atoms with Gasteiger partial charge in [0.25, 0.3) is 0 Å². The predicted octanol–water partition coefficient (Wildman–Crippen LogP) is 3.45. The lowest BCUT2D eigenvalue weighted by atomic mass is 9.89. The van der Waals surface area contributed by atoms with Gasteiger partial charge in [-0.1, -0.05) is 45.4 Å². The quantitative estimate of drug-likeness (QED) is 0.681. The summed E-state index contributed by atoms with van der Waals surface area (Å²) in [6.07, 6.45) is 13.9. The minimum Gasteiger partial charge on any atom is -0.329 e. The second-order valence-corrected chi connectivity index (χ2v) is 6.73. The van der Waals surface area contributed by atoms with E-state index < -0.39 is 0 Å². The lowest BCUT2D eigenvalue weighted by Gasteiger charge is -2.33. The predicted molar refractivity (Wildman–Crippen MR) is 78.6 cm³/mol. The van der Waals surface area contributed by atoms with E-state index in [-0.39, 0.29) is 5.54 Å². The normalized spacial score (nSPS) is 33.3. The van der Waals surface area contributed by atoms with Gasteiger partial charge in [0.05, 0.1) is 0 Å². The molecule has 2 fully saturated rings. The van der Waals surface area contributed by atoms with E-state index in [9.17, 15) is 0 Å². The van der Waals surface area contributed by atoms with Crippen LogP contribution in [0.25, 0.3) is 0 Å². The summed E-state index contributed by atoms with van der Waals surface area (Å²) in [6, 6.07) is 0. The standard InChI is InChI=1S/C16H32N2/c1-2-4-14-5-3-10-16(13-17,11-8-14)18-12-9-15-6-7-15/h14-15,18H,2-13,17H2,1H3. The van der Waals surface area contributed by atoms with Gasteiger partial charge in [0.1, 0.15) is 0 Å². The lowest BCUT2D eigenvalue weighted by Crippen LogP contribution is -2.51. The van der Waals surface area contributed by atoms with Crippen LogP contribution in [0.5, 0.6) is 0 Å². The first-order valence-corrected chi connectivity index (χ1v) is 8.23. The Morgan fingerprint density at radius 3 is 2.50 bits per heavy atom. The zero-order valence-electron chi connectivity index (χ0n) is 12.2. The molecular formula is C16H32N2. The maximum absolute atomic E-state index is 6.10. The van der Waals surface area contributed by atoms with E-state index in [4.69, 9.17) is 5.73 Å². The highest BCUT2D eigenvalue weighted by molar-refractivity contribution is 4.92. The third-order valence-electron chi connectivity index (χ3n) is 5.14. The van der Waals surface area contributed by atoms with Crippen molar-refractivity contribution in [1.82, 2.24) is 5.32 Å². The number of rotatable bonds is 7. The molecule has 2 heteroatoms. The maximum atomic E-state index is 6.10. The molecule has 0 radical (unpaired) electrons. The van der Waals surface area contributed by atoms with Crippen LogP contribution in [0.1, 0.15) is 71.1 Å². The van der Waals surface area contributed by atoms with Gasteiger partial charge in [0, 0.05) is 12.1 Å². The van der Waals surface area contributed by atoms with Crippen LogP contribution in [0.4, 0.5) is 0 Å². The van der Waals surface area contributed by atoms with Crippen molar-refractivity contribution in [3.8, 4) is 0 Å². The van der Waals surface area contributed by atoms with Crippen LogP contribution in [-0.2, 0) is 0 Å². The van der Waals surface area contributed by atoms with Crippen LogP contribution in [0.15, 0.2) is 0 Å². The van der Waals surface area contributed by atoms with Crippen molar-refractivity contribution >= 4 is 0 Å². The van der Waals surface area contributed by atoms with Crippen molar-refractivity contribution in [2.45, 2.75) is 76.7 Å². The third kappa shape index (κ3) is 4.24. The van der Waals surface area contributed by atoms with Crippen LogP contribution in [0.2, 0.25) is 0 Å². The van der Waals surface area contributed by atoms with Crippen molar-refractivity contribution in [2.24, 2.45) is 17.6 Å². The fourth-order valence-corrected chi connectivity index (χ4v) is 3.58. The Bertz CT molecular complexity index is 237. The van der Waals surface area contributed by atoms with Gasteiger partial charge in [-0.3, -0.25) is 0 Å². The van der Waals surface area contributed by atoms with Gasteiger partial charge in [0.15, 0.2) is 0 Å². The number of nitrogens with two attached hydrogens (primary N) is 1. The van der Waals surface area contributed by atoms with Crippen molar-refractivity contribution in [2.75, 3.05) is 13.1 Å². The van der Waals surface area contributed by atoms with Crippen molar-refractivity contribution in [3.05, 3.63) is 0 Å². The molecule has 0 aromatic carbocycles. The summed E-state index contributed by atoms with van der Waals surface area (Å²) in [7, 11) is 0. The van der Waals surface area contributed by atoms with Gasteiger partial charge in [-0.2, -0.15) is 0 Å². The molecule has 0 bridgehead atoms. The maximum Gasteiger partial charge on any atom is 0.0304 e. The number of hydrogen-bond acceptors (Lipinski definition) is 2. The topological polar surface area (TPSA) is 38.0 Å². The van der Waals surface area contributed by atoms with Crippen molar-refractivity contribution in [1.29, 1.82) is 0 Å². The van der Waals surface area contributed by atoms with Crippen LogP contribution in [0.3, 0.4) is 0 Å². The van der Waals surface area contributed by atoms with E-state index in [1.165, 1.54) is 70.8 Å². The molecule has 2 saturated carbocycles. The zero-order valence-corrected chi connectivity index (χ0v) is 12.2. The highest BCUT2D eigenvalue weighted by atomic mass is 15.0. The largest absolute Gasteiger partial charge is 0.329 e. The molecule has 0 aliphatic heterocycles. The van der Waals surface area contributed by atoms with E-state index >= 15 is 0 Å². The first-order chi connectivity index (χ1) is 8.78. The van der Waals surface area contributed by atoms with Crippen LogP contribution >= 0.6 is 0 Å². The Hall–Kier alpha value is -0.0800. The molecule has 0 saturated heterocycles. The first-order valence-electron chi connectivity index (χ1n) is 8.23. The van der Waals surface area contributed by atoms with Gasteiger partial charge in [-0.25, -0.2) is 0 Å². The van der Waals surface area contributed by atoms with Gasteiger partial charge >= 0.3 is 0 Å². The monoisotopic (exact) mass is 252 g/mol. The second-order valence-electron chi connectivity index (χ2n) is 6.73. The summed E-state index contributed by atoms with van der Waals surface area (Å²) in [6.45, 7) is 4.34. The zero-order chi connectivity index (χ0) is 12.8. The van der Waals surface area contributed by atoms with Gasteiger partial charge in [0.2, 0.25) is 0 Å². The average molecular weight is 252 g/mol. The Kier molecular flexibility index (Phi) is 5.50. The summed E-state index contributed by atoms with van der Waals surface area (Å²) in [4.78, 5) is 0. The fraction of sp³-hybridized carbons (Fsp3) is 1.00. The lowest BCUT2D eigenvalue weighted by molar-refractivity contribution is 0.284. The van der Waals surface area contributed by atoms with Crippen LogP contribution in [0, 0.1) is 11.8 Å². The molecular weight excluding hydrogens is 220 g/mol. The molecule has 0 aromatic rings. The number of nitrogens with one attached hydrogen (secondary N) is 1. The molecule has 106 valence electrons. The molecule has 0 aromatic heterocycles. The fourth-order valence-electron chi connectivity index (χ4n) is 3.58. The smallest absolute Gasteiger partial charge is 0.0304 e. The second kappa shape index (κ2) is 6.91. The molecule has 2 atom stereocenters. The minimum atomic E-state index is 0.275. The molecule has 0 amide bonds. The van der Waals surface area contributed by atoms with Gasteiger partial charge in [-0.05, 0) is 44.1 Å².